The van der Waals surface area contributed by atoms with Gasteiger partial charge in [-0.3, -0.25) is 9.78 Å². The maximum atomic E-state index is 13.3. The molecule has 1 amide bonds. The second-order valence-electron chi connectivity index (χ2n) is 9.56. The lowest BCUT2D eigenvalue weighted by Gasteiger charge is -2.22. The molecule has 0 aliphatic heterocycles. The first-order valence-corrected chi connectivity index (χ1v) is 12.8. The summed E-state index contributed by atoms with van der Waals surface area (Å²) in [6.07, 6.45) is 3.79. The minimum atomic E-state index is -0.411. The summed E-state index contributed by atoms with van der Waals surface area (Å²) in [4.78, 5) is 17.4. The number of carbonyl (C=O) groups excluding carboxylic acids is 1. The van der Waals surface area contributed by atoms with Crippen LogP contribution in [0.4, 0.5) is 0 Å². The summed E-state index contributed by atoms with van der Waals surface area (Å²) in [5.41, 5.74) is 8.14. The average molecular weight is 509 g/mol. The van der Waals surface area contributed by atoms with Crippen LogP contribution in [0.1, 0.15) is 56.1 Å². The maximum Gasteiger partial charge on any atom is 0.225 e. The lowest BCUT2D eigenvalue weighted by atomic mass is 9.93. The molecular formula is C32H29ClN2O2. The minimum absolute atomic E-state index is 0.0421. The molecular weight excluding hydrogens is 480 g/mol. The first kappa shape index (κ1) is 24.8. The summed E-state index contributed by atoms with van der Waals surface area (Å²) in [5.74, 6) is 0.631. The van der Waals surface area contributed by atoms with Crippen LogP contribution >= 0.6 is 11.6 Å². The van der Waals surface area contributed by atoms with E-state index < -0.39 is 5.38 Å². The lowest BCUT2D eigenvalue weighted by molar-refractivity contribution is -0.120. The molecule has 0 bridgehead atoms. The molecule has 0 fully saturated rings. The summed E-state index contributed by atoms with van der Waals surface area (Å²) >= 11 is 6.74. The smallest absolute Gasteiger partial charge is 0.225 e. The molecule has 186 valence electrons. The van der Waals surface area contributed by atoms with Crippen molar-refractivity contribution < 1.29 is 9.21 Å². The summed E-state index contributed by atoms with van der Waals surface area (Å²) in [7, 11) is 0. The first-order valence-electron chi connectivity index (χ1n) is 12.4. The molecule has 0 saturated carbocycles. The zero-order valence-corrected chi connectivity index (χ0v) is 21.9. The molecule has 1 N–H and O–H groups in total. The minimum Gasteiger partial charge on any atom is -0.459 e. The van der Waals surface area contributed by atoms with Gasteiger partial charge in [0.15, 0.2) is 0 Å². The summed E-state index contributed by atoms with van der Waals surface area (Å²) < 4.78 is 6.05. The van der Waals surface area contributed by atoms with E-state index in [1.807, 2.05) is 55.5 Å². The Morgan fingerprint density at radius 2 is 1.73 bits per heavy atom. The van der Waals surface area contributed by atoms with Gasteiger partial charge in [-0.1, -0.05) is 60.2 Å². The zero-order chi connectivity index (χ0) is 25.9. The van der Waals surface area contributed by atoms with Gasteiger partial charge in [-0.15, -0.1) is 11.6 Å². The van der Waals surface area contributed by atoms with Crippen molar-refractivity contribution in [2.75, 3.05) is 0 Å². The third-order valence-corrected chi connectivity index (χ3v) is 7.18. The number of aryl methyl sites for hydroxylation is 3. The molecule has 37 heavy (non-hydrogen) atoms. The van der Waals surface area contributed by atoms with E-state index in [-0.39, 0.29) is 18.4 Å². The number of nitrogens with zero attached hydrogens (tertiary/aromatic N) is 1. The Morgan fingerprint density at radius 1 is 0.919 bits per heavy atom. The number of fused-ring (bicyclic) bond motifs is 1. The van der Waals surface area contributed by atoms with Crippen molar-refractivity contribution in [3.8, 4) is 0 Å². The third kappa shape index (κ3) is 5.45. The lowest BCUT2D eigenvalue weighted by Crippen LogP contribution is -2.31. The van der Waals surface area contributed by atoms with Crippen LogP contribution < -0.4 is 5.32 Å². The molecule has 0 radical (unpaired) electrons. The van der Waals surface area contributed by atoms with Gasteiger partial charge in [-0.25, -0.2) is 0 Å². The van der Waals surface area contributed by atoms with Crippen LogP contribution in [-0.4, -0.2) is 10.9 Å². The standard InChI is InChI=1S/C32H29ClN2O2/c1-20-9-11-27(21(2)15-20)32(24-7-5-4-6-8-24)35-30(36)17-23-10-12-28-25(16-23)18-29(37-28)31(33)26-13-14-34-19-22(26)3/h4-16,18-19,31-32H,17H2,1-3H3,(H,35,36)/t31?,32-/m0/s1. The van der Waals surface area contributed by atoms with Crippen LogP contribution in [0, 0.1) is 20.8 Å². The molecule has 5 aromatic rings. The van der Waals surface area contributed by atoms with Gasteiger partial charge in [0, 0.05) is 17.8 Å². The van der Waals surface area contributed by atoms with Gasteiger partial charge < -0.3 is 9.73 Å². The summed E-state index contributed by atoms with van der Waals surface area (Å²) in [6.45, 7) is 6.15. The SMILES string of the molecule is Cc1ccc([C@@H](NC(=O)Cc2ccc3oc(C(Cl)c4ccncc4C)cc3c2)c2ccccc2)c(C)c1. The average Bonchev–Trinajstić information content (AvgIpc) is 3.32. The zero-order valence-electron chi connectivity index (χ0n) is 21.2. The number of hydrogen-bond acceptors (Lipinski definition) is 3. The topological polar surface area (TPSA) is 55.1 Å². The van der Waals surface area contributed by atoms with Crippen LogP contribution in [0.2, 0.25) is 0 Å². The fourth-order valence-electron chi connectivity index (χ4n) is 4.80. The van der Waals surface area contributed by atoms with Gasteiger partial charge in [0.1, 0.15) is 16.7 Å². The molecule has 3 aromatic carbocycles. The maximum absolute atomic E-state index is 13.3. The fourth-order valence-corrected chi connectivity index (χ4v) is 5.16. The molecule has 2 aromatic heterocycles. The van der Waals surface area contributed by atoms with Gasteiger partial charge >= 0.3 is 0 Å². The third-order valence-electron chi connectivity index (χ3n) is 6.73. The Kier molecular flexibility index (Phi) is 7.11. The van der Waals surface area contributed by atoms with Gasteiger partial charge in [0.25, 0.3) is 0 Å². The number of rotatable bonds is 7. The number of hydrogen-bond donors (Lipinski definition) is 1. The van der Waals surface area contributed by atoms with E-state index in [2.05, 4.69) is 54.5 Å². The molecule has 5 rings (SSSR count). The largest absolute Gasteiger partial charge is 0.459 e. The molecule has 4 nitrogen and oxygen atoms in total. The van der Waals surface area contributed by atoms with Gasteiger partial charge in [-0.05, 0) is 78.4 Å². The van der Waals surface area contributed by atoms with E-state index in [0.717, 1.165) is 44.3 Å². The molecule has 0 saturated heterocycles. The summed E-state index contributed by atoms with van der Waals surface area (Å²) in [6, 6.07) is 25.9. The molecule has 2 heterocycles. The second-order valence-corrected chi connectivity index (χ2v) is 10.0. The van der Waals surface area contributed by atoms with Crippen LogP contribution in [0.25, 0.3) is 11.0 Å². The number of nitrogens with one attached hydrogen (secondary N) is 1. The Bertz CT molecular complexity index is 1560. The summed E-state index contributed by atoms with van der Waals surface area (Å²) in [5, 5.41) is 3.78. The highest BCUT2D eigenvalue weighted by Crippen LogP contribution is 2.34. The number of alkyl halides is 1. The molecule has 0 aliphatic rings. The molecule has 2 atom stereocenters. The van der Waals surface area contributed by atoms with E-state index in [0.29, 0.717) is 5.76 Å². The monoisotopic (exact) mass is 508 g/mol. The van der Waals surface area contributed by atoms with E-state index >= 15 is 0 Å². The fraction of sp³-hybridized carbons (Fsp3) is 0.188. The molecule has 0 aliphatic carbocycles. The van der Waals surface area contributed by atoms with Crippen molar-refractivity contribution in [2.45, 2.75) is 38.6 Å². The quantitative estimate of drug-likeness (QED) is 0.231. The highest BCUT2D eigenvalue weighted by atomic mass is 35.5. The van der Waals surface area contributed by atoms with Crippen molar-refractivity contribution in [1.29, 1.82) is 0 Å². The number of benzene rings is 3. The number of pyridine rings is 1. The highest BCUT2D eigenvalue weighted by molar-refractivity contribution is 6.22. The number of carbonyl (C=O) groups is 1. The Hall–Kier alpha value is -3.89. The van der Waals surface area contributed by atoms with E-state index in [4.69, 9.17) is 16.0 Å². The van der Waals surface area contributed by atoms with Crippen LogP contribution in [0.5, 0.6) is 0 Å². The van der Waals surface area contributed by atoms with Crippen molar-refractivity contribution >= 4 is 28.5 Å². The number of aromatic nitrogens is 1. The van der Waals surface area contributed by atoms with Gasteiger partial charge in [0.2, 0.25) is 5.91 Å². The molecule has 1 unspecified atom stereocenters. The predicted octanol–water partition coefficient (Wildman–Crippen LogP) is 7.53. The van der Waals surface area contributed by atoms with Crippen molar-refractivity contribution in [2.24, 2.45) is 0 Å². The molecule has 5 heteroatoms. The number of furan rings is 1. The number of halogens is 1. The van der Waals surface area contributed by atoms with E-state index in [1.54, 1.807) is 12.4 Å². The van der Waals surface area contributed by atoms with Gasteiger partial charge in [-0.2, -0.15) is 0 Å². The van der Waals surface area contributed by atoms with Crippen molar-refractivity contribution in [3.63, 3.8) is 0 Å². The number of amides is 1. The highest BCUT2D eigenvalue weighted by Gasteiger charge is 2.20. The van der Waals surface area contributed by atoms with Gasteiger partial charge in [0.05, 0.1) is 12.5 Å². The Morgan fingerprint density at radius 3 is 2.49 bits per heavy atom. The van der Waals surface area contributed by atoms with Crippen LogP contribution in [0.15, 0.2) is 95.7 Å². The van der Waals surface area contributed by atoms with E-state index in [9.17, 15) is 4.79 Å². The second kappa shape index (κ2) is 10.6. The van der Waals surface area contributed by atoms with Crippen LogP contribution in [0.3, 0.4) is 0 Å². The first-order chi connectivity index (χ1) is 17.9. The molecule has 0 spiro atoms. The van der Waals surface area contributed by atoms with Crippen molar-refractivity contribution in [1.82, 2.24) is 10.3 Å². The normalized spacial score (nSPS) is 12.9. The Labute approximate surface area is 222 Å². The Balaban J connectivity index is 1.37. The predicted molar refractivity (Wildman–Crippen MR) is 149 cm³/mol. The van der Waals surface area contributed by atoms with Crippen LogP contribution in [-0.2, 0) is 11.2 Å². The van der Waals surface area contributed by atoms with Crippen molar-refractivity contribution in [3.05, 3.63) is 136 Å². The van der Waals surface area contributed by atoms with E-state index in [1.165, 1.54) is 5.56 Å².